The molecule has 9 aromatic carbocycles. The van der Waals surface area contributed by atoms with Gasteiger partial charge in [0.2, 0.25) is 5.95 Å². The van der Waals surface area contributed by atoms with Crippen LogP contribution in [0.3, 0.4) is 0 Å². The van der Waals surface area contributed by atoms with Gasteiger partial charge in [0.25, 0.3) is 0 Å². The summed E-state index contributed by atoms with van der Waals surface area (Å²) >= 11 is 1.75. The van der Waals surface area contributed by atoms with E-state index in [1.54, 1.807) is 23.5 Å². The van der Waals surface area contributed by atoms with E-state index in [4.69, 9.17) is 23.5 Å². The molecule has 0 aliphatic carbocycles. The van der Waals surface area contributed by atoms with Crippen molar-refractivity contribution in [2.24, 2.45) is 0 Å². The van der Waals surface area contributed by atoms with Crippen LogP contribution in [0.4, 0.5) is 0 Å². The van der Waals surface area contributed by atoms with Crippen molar-refractivity contribution < 1.29 is 12.6 Å². The fraction of sp³-hybridized carbons (Fsp3) is 0. The van der Waals surface area contributed by atoms with Gasteiger partial charge in [0.15, 0.2) is 11.6 Å². The molecule has 4 aromatic heterocycles. The van der Waals surface area contributed by atoms with E-state index in [1.807, 2.05) is 95.6 Å². The van der Waals surface area contributed by atoms with Crippen LogP contribution in [0.15, 0.2) is 211 Å². The first kappa shape index (κ1) is 29.9. The monoisotopic (exact) mass is 828 g/mol. The molecule has 0 saturated carbocycles. The summed E-state index contributed by atoms with van der Waals surface area (Å²) in [4.78, 5) is 15.5. The average Bonchev–Trinajstić information content (AvgIpc) is 4.08. The number of hydrogen-bond donors (Lipinski definition) is 0. The lowest BCUT2D eigenvalue weighted by atomic mass is 9.99. The highest BCUT2D eigenvalue weighted by atomic mass is 32.1. The summed E-state index contributed by atoms with van der Waals surface area (Å²) < 4.78 is 66.5. The number of furan rings is 1. The van der Waals surface area contributed by atoms with Crippen LogP contribution in [-0.2, 0) is 0 Å². The van der Waals surface area contributed by atoms with Gasteiger partial charge in [-0.2, -0.15) is 9.97 Å². The Hall–Kier alpha value is -8.19. The van der Waals surface area contributed by atoms with Crippen molar-refractivity contribution in [1.29, 1.82) is 0 Å². The topological polar surface area (TPSA) is 56.7 Å². The maximum atomic E-state index is 9.83. The highest BCUT2D eigenvalue weighted by Crippen LogP contribution is 2.45. The van der Waals surface area contributed by atoms with Gasteiger partial charge in [0.1, 0.15) is 11.2 Å². The lowest BCUT2D eigenvalue weighted by Crippen LogP contribution is -2.06. The molecule has 0 fully saturated rings. The van der Waals surface area contributed by atoms with Gasteiger partial charge in [0, 0.05) is 52.8 Å². The van der Waals surface area contributed by atoms with Crippen molar-refractivity contribution in [3.8, 4) is 62.1 Å². The van der Waals surface area contributed by atoms with Gasteiger partial charge >= 0.3 is 0 Å². The first-order valence-corrected chi connectivity index (χ1v) is 21.4. The second-order valence-electron chi connectivity index (χ2n) is 15.5. The van der Waals surface area contributed by atoms with E-state index in [9.17, 15) is 4.11 Å². The van der Waals surface area contributed by atoms with Crippen molar-refractivity contribution >= 4 is 75.3 Å². The van der Waals surface area contributed by atoms with E-state index >= 15 is 0 Å². The average molecular weight is 829 g/mol. The number of rotatable bonds is 6. The summed E-state index contributed by atoms with van der Waals surface area (Å²) in [6, 6.07) is 54.6. The Morgan fingerprint density at radius 2 is 1.10 bits per heavy atom. The molecule has 63 heavy (non-hydrogen) atoms. The minimum Gasteiger partial charge on any atom is -0.456 e. The predicted octanol–water partition coefficient (Wildman–Crippen LogP) is 15.6. The zero-order chi connectivity index (χ0) is 46.7. The molecular weight excluding hydrogens is 789 g/mol. The van der Waals surface area contributed by atoms with E-state index < -0.39 is 0 Å². The lowest BCUT2D eigenvalue weighted by molar-refractivity contribution is 0.669. The fourth-order valence-corrected chi connectivity index (χ4v) is 10.0. The first-order valence-electron chi connectivity index (χ1n) is 23.6. The van der Waals surface area contributed by atoms with Crippen molar-refractivity contribution in [3.63, 3.8) is 0 Å². The molecule has 0 unspecified atom stereocenters. The molecule has 0 aliphatic rings. The Balaban J connectivity index is 1.13. The van der Waals surface area contributed by atoms with Gasteiger partial charge in [-0.1, -0.05) is 152 Å². The molecule has 13 rings (SSSR count). The number of aromatic nitrogens is 4. The normalized spacial score (nSPS) is 13.1. The summed E-state index contributed by atoms with van der Waals surface area (Å²) in [7, 11) is 0. The van der Waals surface area contributed by atoms with Crippen LogP contribution in [0.2, 0.25) is 0 Å². The van der Waals surface area contributed by atoms with Gasteiger partial charge in [-0.15, -0.1) is 11.3 Å². The Bertz CT molecular complexity index is 4270. The van der Waals surface area contributed by atoms with Gasteiger partial charge in [-0.3, -0.25) is 4.57 Å². The summed E-state index contributed by atoms with van der Waals surface area (Å²) in [6.45, 7) is 0. The number of fused-ring (bicyclic) bond motifs is 10. The Labute approximate surface area is 374 Å². The van der Waals surface area contributed by atoms with Crippen LogP contribution in [0.25, 0.3) is 126 Å². The van der Waals surface area contributed by atoms with Crippen LogP contribution < -0.4 is 0 Å². The Kier molecular flexibility index (Phi) is 6.75. The second kappa shape index (κ2) is 14.2. The van der Waals surface area contributed by atoms with Crippen LogP contribution >= 0.6 is 11.3 Å². The minimum absolute atomic E-state index is 0.0133. The predicted molar refractivity (Wildman–Crippen MR) is 262 cm³/mol. The Morgan fingerprint density at radius 3 is 1.89 bits per heavy atom. The molecule has 5 nitrogen and oxygen atoms in total. The van der Waals surface area contributed by atoms with Crippen molar-refractivity contribution in [3.05, 3.63) is 206 Å². The van der Waals surface area contributed by atoms with E-state index in [2.05, 4.69) is 66.7 Å². The largest absolute Gasteiger partial charge is 0.456 e. The zero-order valence-corrected chi connectivity index (χ0v) is 34.1. The van der Waals surface area contributed by atoms with Gasteiger partial charge < -0.3 is 4.42 Å². The molecule has 0 bridgehead atoms. The van der Waals surface area contributed by atoms with Gasteiger partial charge in [-0.25, -0.2) is 4.98 Å². The molecular formula is C57H34N4OS. The summed E-state index contributed by atoms with van der Waals surface area (Å²) in [5, 5.41) is 4.65. The first-order chi connectivity index (χ1) is 33.7. The van der Waals surface area contributed by atoms with Crippen molar-refractivity contribution in [1.82, 2.24) is 19.5 Å². The molecule has 0 N–H and O–H groups in total. The molecule has 0 amide bonds. The second-order valence-corrected chi connectivity index (χ2v) is 16.6. The Morgan fingerprint density at radius 1 is 0.429 bits per heavy atom. The quantitative estimate of drug-likeness (QED) is 0.168. The highest BCUT2D eigenvalue weighted by Gasteiger charge is 2.22. The third kappa shape index (κ3) is 5.80. The minimum atomic E-state index is -0.343. The van der Waals surface area contributed by atoms with E-state index in [0.29, 0.717) is 22.5 Å². The molecule has 0 saturated heterocycles. The maximum absolute atomic E-state index is 9.83. The molecule has 13 aromatic rings. The number of benzene rings is 9. The summed E-state index contributed by atoms with van der Waals surface area (Å²) in [5.41, 5.74) is 7.16. The maximum Gasteiger partial charge on any atom is 0.238 e. The molecule has 0 spiro atoms. The van der Waals surface area contributed by atoms with Crippen LogP contribution in [0.5, 0.6) is 0 Å². The van der Waals surface area contributed by atoms with Crippen molar-refractivity contribution in [2.75, 3.05) is 0 Å². The summed E-state index contributed by atoms with van der Waals surface area (Å²) in [5.74, 6) is 0.526. The van der Waals surface area contributed by atoms with E-state index in [-0.39, 0.29) is 75.5 Å². The van der Waals surface area contributed by atoms with E-state index in [1.165, 1.54) is 4.70 Å². The molecule has 294 valence electrons. The third-order valence-corrected chi connectivity index (χ3v) is 12.9. The third-order valence-electron chi connectivity index (χ3n) is 11.8. The fourth-order valence-electron chi connectivity index (χ4n) is 8.91. The molecule has 0 radical (unpaired) electrons. The van der Waals surface area contributed by atoms with Crippen molar-refractivity contribution in [2.45, 2.75) is 0 Å². The smallest absolute Gasteiger partial charge is 0.238 e. The number of thiophene rings is 1. The van der Waals surface area contributed by atoms with Crippen LogP contribution in [0.1, 0.15) is 8.22 Å². The van der Waals surface area contributed by atoms with Gasteiger partial charge in [-0.05, 0) is 87.9 Å². The SMILES string of the molecule is [2H]c1c([2H])c(-c2ccccc2)c2c(oc3c([2H])c(-c4nc(-c5cccc(-c6ccccc6)c5)nc(-n5c6ccc(-c7ccccc7)cc6c6c7c(ccc65)sc5ccccc57)n4)c([2H])c([2H])c32)c1[2H]. The van der Waals surface area contributed by atoms with Crippen LogP contribution in [-0.4, -0.2) is 19.5 Å². The molecule has 0 atom stereocenters. The lowest BCUT2D eigenvalue weighted by Gasteiger charge is -2.12. The zero-order valence-electron chi connectivity index (χ0n) is 39.3. The summed E-state index contributed by atoms with van der Waals surface area (Å²) in [6.07, 6.45) is 0. The molecule has 6 heteroatoms. The number of nitrogens with zero attached hydrogens (tertiary/aromatic N) is 4. The highest BCUT2D eigenvalue weighted by molar-refractivity contribution is 7.26. The van der Waals surface area contributed by atoms with E-state index in [0.717, 1.165) is 59.5 Å². The molecule has 0 aliphatic heterocycles. The molecule has 4 heterocycles. The standard InChI is InChI=1S/C57H34N4OS/c1-4-14-35(15-5-1)38-20-12-21-40(32-38)55-58-56(41-26-28-43-49(34-41)62-48-24-13-23-42(52(43)48)37-18-8-3-9-19-37)60-57(59-55)61-46-29-27-39(36-16-6-2-7-17-36)33-45(46)53-47(61)30-31-51-54(53)44-22-10-11-25-50(44)63-51/h1-34H/i13D,23D,24D,26D,28D,34D. The number of hydrogen-bond acceptors (Lipinski definition) is 5. The van der Waals surface area contributed by atoms with Gasteiger partial charge in [0.05, 0.1) is 19.3 Å². The van der Waals surface area contributed by atoms with Crippen LogP contribution in [0, 0.1) is 0 Å².